The molecule has 152 valence electrons. The van der Waals surface area contributed by atoms with Crippen molar-refractivity contribution in [1.29, 1.82) is 0 Å². The number of benzene rings is 2. The minimum atomic E-state index is 0.525. The molecule has 3 rings (SSSR count). The molecular weight excluding hydrogens is 364 g/mol. The van der Waals surface area contributed by atoms with Gasteiger partial charge in [-0.15, -0.1) is 0 Å². The molecule has 0 aliphatic heterocycles. The van der Waals surface area contributed by atoms with Crippen molar-refractivity contribution in [2.75, 3.05) is 20.3 Å². The second-order valence-corrected chi connectivity index (χ2v) is 6.75. The van der Waals surface area contributed by atoms with Crippen molar-refractivity contribution in [2.45, 2.75) is 26.5 Å². The van der Waals surface area contributed by atoms with Crippen LogP contribution in [0.4, 0.5) is 0 Å². The van der Waals surface area contributed by atoms with E-state index in [0.29, 0.717) is 19.1 Å². The number of nitrogens with one attached hydrogen (secondary N) is 1. The molecule has 0 fully saturated rings. The minimum Gasteiger partial charge on any atom is -0.493 e. The molecule has 0 aliphatic carbocycles. The van der Waals surface area contributed by atoms with Crippen LogP contribution in [0, 0.1) is 6.92 Å². The molecule has 0 bridgehead atoms. The molecule has 3 aromatic rings. The van der Waals surface area contributed by atoms with Gasteiger partial charge >= 0.3 is 0 Å². The summed E-state index contributed by atoms with van der Waals surface area (Å²) in [6.07, 6.45) is 2.64. The van der Waals surface area contributed by atoms with E-state index in [1.807, 2.05) is 42.5 Å². The van der Waals surface area contributed by atoms with Crippen LogP contribution < -0.4 is 19.5 Å². The standard InChI is InChI=1S/C24H28N2O3/c1-19-8-3-4-9-21(19)18-29-22-12-11-20(16-23(22)27-2)17-25-13-7-15-28-24-10-5-6-14-26-24/h3-6,8-12,14,16,25H,7,13,15,17-18H2,1-2H3. The molecule has 0 saturated carbocycles. The number of hydrogen-bond donors (Lipinski definition) is 1. The summed E-state index contributed by atoms with van der Waals surface area (Å²) in [5, 5.41) is 3.43. The Labute approximate surface area is 172 Å². The molecule has 1 heterocycles. The molecule has 0 spiro atoms. The smallest absolute Gasteiger partial charge is 0.213 e. The van der Waals surface area contributed by atoms with Crippen LogP contribution in [0.3, 0.4) is 0 Å². The third kappa shape index (κ3) is 6.50. The highest BCUT2D eigenvalue weighted by molar-refractivity contribution is 5.43. The monoisotopic (exact) mass is 392 g/mol. The Hall–Kier alpha value is -3.05. The third-order valence-corrected chi connectivity index (χ3v) is 4.59. The zero-order chi connectivity index (χ0) is 20.3. The molecule has 2 aromatic carbocycles. The van der Waals surface area contributed by atoms with Gasteiger partial charge in [0, 0.05) is 18.8 Å². The fraction of sp³-hybridized carbons (Fsp3) is 0.292. The molecular formula is C24H28N2O3. The first kappa shape index (κ1) is 20.7. The average molecular weight is 392 g/mol. The van der Waals surface area contributed by atoms with Crippen molar-refractivity contribution in [3.05, 3.63) is 83.6 Å². The largest absolute Gasteiger partial charge is 0.493 e. The van der Waals surface area contributed by atoms with Crippen LogP contribution in [-0.4, -0.2) is 25.2 Å². The normalized spacial score (nSPS) is 10.6. The van der Waals surface area contributed by atoms with Crippen LogP contribution in [0.15, 0.2) is 66.9 Å². The third-order valence-electron chi connectivity index (χ3n) is 4.59. The van der Waals surface area contributed by atoms with E-state index in [1.54, 1.807) is 13.3 Å². The Morgan fingerprint density at radius 1 is 0.931 bits per heavy atom. The van der Waals surface area contributed by atoms with E-state index in [2.05, 4.69) is 35.4 Å². The van der Waals surface area contributed by atoms with Gasteiger partial charge in [-0.25, -0.2) is 4.98 Å². The van der Waals surface area contributed by atoms with Crippen molar-refractivity contribution in [2.24, 2.45) is 0 Å². The molecule has 0 aliphatic rings. The van der Waals surface area contributed by atoms with Crippen LogP contribution in [0.5, 0.6) is 17.4 Å². The van der Waals surface area contributed by atoms with E-state index in [1.165, 1.54) is 11.1 Å². The summed E-state index contributed by atoms with van der Waals surface area (Å²) in [5.41, 5.74) is 3.54. The minimum absolute atomic E-state index is 0.525. The second kappa shape index (κ2) is 11.1. The van der Waals surface area contributed by atoms with E-state index >= 15 is 0 Å². The Kier molecular flexibility index (Phi) is 7.90. The van der Waals surface area contributed by atoms with Crippen LogP contribution in [0.2, 0.25) is 0 Å². The van der Waals surface area contributed by atoms with Gasteiger partial charge in [0.15, 0.2) is 11.5 Å². The zero-order valence-electron chi connectivity index (χ0n) is 17.1. The van der Waals surface area contributed by atoms with Crippen molar-refractivity contribution in [3.63, 3.8) is 0 Å². The molecule has 0 atom stereocenters. The van der Waals surface area contributed by atoms with E-state index in [-0.39, 0.29) is 0 Å². The van der Waals surface area contributed by atoms with Crippen molar-refractivity contribution in [1.82, 2.24) is 10.3 Å². The zero-order valence-corrected chi connectivity index (χ0v) is 17.1. The van der Waals surface area contributed by atoms with E-state index in [0.717, 1.165) is 36.6 Å². The number of aryl methyl sites for hydroxylation is 1. The topological polar surface area (TPSA) is 52.6 Å². The van der Waals surface area contributed by atoms with Crippen molar-refractivity contribution >= 4 is 0 Å². The molecule has 1 N–H and O–H groups in total. The van der Waals surface area contributed by atoms with Crippen molar-refractivity contribution < 1.29 is 14.2 Å². The van der Waals surface area contributed by atoms with Crippen LogP contribution in [0.1, 0.15) is 23.1 Å². The number of rotatable bonds is 11. The molecule has 0 saturated heterocycles. The fourth-order valence-electron chi connectivity index (χ4n) is 2.91. The maximum absolute atomic E-state index is 5.98. The van der Waals surface area contributed by atoms with Gasteiger partial charge in [-0.1, -0.05) is 36.4 Å². The Morgan fingerprint density at radius 3 is 2.59 bits per heavy atom. The van der Waals surface area contributed by atoms with E-state index < -0.39 is 0 Å². The van der Waals surface area contributed by atoms with Gasteiger partial charge in [0.25, 0.3) is 0 Å². The summed E-state index contributed by atoms with van der Waals surface area (Å²) in [6.45, 7) is 4.88. The Bertz CT molecular complexity index is 884. The first-order valence-electron chi connectivity index (χ1n) is 9.85. The molecule has 0 radical (unpaired) electrons. The lowest BCUT2D eigenvalue weighted by atomic mass is 10.1. The fourth-order valence-corrected chi connectivity index (χ4v) is 2.91. The lowest BCUT2D eigenvalue weighted by Crippen LogP contribution is -2.17. The number of ether oxygens (including phenoxy) is 3. The van der Waals surface area contributed by atoms with Crippen LogP contribution >= 0.6 is 0 Å². The number of nitrogens with zero attached hydrogens (tertiary/aromatic N) is 1. The highest BCUT2D eigenvalue weighted by atomic mass is 16.5. The number of hydrogen-bond acceptors (Lipinski definition) is 5. The van der Waals surface area contributed by atoms with Crippen LogP contribution in [0.25, 0.3) is 0 Å². The maximum Gasteiger partial charge on any atom is 0.213 e. The van der Waals surface area contributed by atoms with E-state index in [4.69, 9.17) is 14.2 Å². The number of methoxy groups -OCH3 is 1. The predicted octanol–water partition coefficient (Wildman–Crippen LogP) is 4.54. The summed E-state index contributed by atoms with van der Waals surface area (Å²) in [5.74, 6) is 2.16. The van der Waals surface area contributed by atoms with Gasteiger partial charge < -0.3 is 19.5 Å². The Morgan fingerprint density at radius 2 is 1.79 bits per heavy atom. The lowest BCUT2D eigenvalue weighted by Gasteiger charge is -2.13. The molecule has 29 heavy (non-hydrogen) atoms. The molecule has 0 unspecified atom stereocenters. The highest BCUT2D eigenvalue weighted by Crippen LogP contribution is 2.29. The summed E-state index contributed by atoms with van der Waals surface area (Å²) in [7, 11) is 1.67. The number of aromatic nitrogens is 1. The lowest BCUT2D eigenvalue weighted by molar-refractivity contribution is 0.283. The summed E-state index contributed by atoms with van der Waals surface area (Å²) in [6, 6.07) is 19.9. The van der Waals surface area contributed by atoms with Gasteiger partial charge in [-0.3, -0.25) is 0 Å². The first-order chi connectivity index (χ1) is 14.3. The quantitative estimate of drug-likeness (QED) is 0.486. The van der Waals surface area contributed by atoms with Crippen molar-refractivity contribution in [3.8, 4) is 17.4 Å². The van der Waals surface area contributed by atoms with Gasteiger partial charge in [0.2, 0.25) is 5.88 Å². The molecule has 5 nitrogen and oxygen atoms in total. The highest BCUT2D eigenvalue weighted by Gasteiger charge is 2.07. The van der Waals surface area contributed by atoms with Gasteiger partial charge in [-0.05, 0) is 54.8 Å². The van der Waals surface area contributed by atoms with E-state index in [9.17, 15) is 0 Å². The molecule has 5 heteroatoms. The summed E-state index contributed by atoms with van der Waals surface area (Å²) >= 11 is 0. The molecule has 0 amide bonds. The Balaban J connectivity index is 1.43. The van der Waals surface area contributed by atoms with Crippen LogP contribution in [-0.2, 0) is 13.2 Å². The SMILES string of the molecule is COc1cc(CNCCCOc2ccccn2)ccc1OCc1ccccc1C. The van der Waals surface area contributed by atoms with Gasteiger partial charge in [0.05, 0.1) is 13.7 Å². The number of pyridine rings is 1. The predicted molar refractivity (Wildman–Crippen MR) is 115 cm³/mol. The maximum atomic E-state index is 5.98. The summed E-state index contributed by atoms with van der Waals surface area (Å²) < 4.78 is 17.1. The van der Waals surface area contributed by atoms with Gasteiger partial charge in [0.1, 0.15) is 6.61 Å². The first-order valence-corrected chi connectivity index (χ1v) is 9.85. The van der Waals surface area contributed by atoms with Gasteiger partial charge in [-0.2, -0.15) is 0 Å². The summed E-state index contributed by atoms with van der Waals surface area (Å²) in [4.78, 5) is 4.14. The average Bonchev–Trinajstić information content (AvgIpc) is 2.76. The molecule has 1 aromatic heterocycles. The second-order valence-electron chi connectivity index (χ2n) is 6.75.